The van der Waals surface area contributed by atoms with Crippen molar-refractivity contribution in [2.24, 2.45) is 5.73 Å². The summed E-state index contributed by atoms with van der Waals surface area (Å²) in [6, 6.07) is 7.25. The van der Waals surface area contributed by atoms with E-state index >= 15 is 0 Å². The SMILES string of the molecule is NCc1cccc(CS(=O)(=O)NCc2cnc[nH]2)c1. The van der Waals surface area contributed by atoms with Gasteiger partial charge in [0.2, 0.25) is 10.0 Å². The van der Waals surface area contributed by atoms with Crippen LogP contribution in [0.15, 0.2) is 36.8 Å². The number of benzene rings is 1. The van der Waals surface area contributed by atoms with E-state index in [4.69, 9.17) is 5.73 Å². The van der Waals surface area contributed by atoms with E-state index in [-0.39, 0.29) is 12.3 Å². The first-order valence-corrected chi connectivity index (χ1v) is 7.47. The lowest BCUT2D eigenvalue weighted by Gasteiger charge is -2.07. The standard InChI is InChI=1S/C12H16N4O2S/c13-5-10-2-1-3-11(4-10)8-19(17,18)16-7-12-6-14-9-15-12/h1-4,6,9,16H,5,7-8,13H2,(H,14,15). The molecule has 6 nitrogen and oxygen atoms in total. The average Bonchev–Trinajstić information content (AvgIpc) is 2.89. The van der Waals surface area contributed by atoms with Gasteiger partial charge in [-0.2, -0.15) is 0 Å². The van der Waals surface area contributed by atoms with Crippen molar-refractivity contribution in [2.75, 3.05) is 0 Å². The van der Waals surface area contributed by atoms with Gasteiger partial charge in [-0.25, -0.2) is 18.1 Å². The zero-order valence-corrected chi connectivity index (χ0v) is 11.2. The molecule has 0 fully saturated rings. The lowest BCUT2D eigenvalue weighted by Crippen LogP contribution is -2.24. The summed E-state index contributed by atoms with van der Waals surface area (Å²) in [7, 11) is -3.37. The summed E-state index contributed by atoms with van der Waals surface area (Å²) in [4.78, 5) is 6.66. The van der Waals surface area contributed by atoms with E-state index in [1.807, 2.05) is 12.1 Å². The molecule has 0 bridgehead atoms. The number of nitrogens with one attached hydrogen (secondary N) is 2. The molecular formula is C12H16N4O2S. The molecule has 0 radical (unpaired) electrons. The Morgan fingerprint density at radius 1 is 1.32 bits per heavy atom. The number of aromatic amines is 1. The molecule has 0 aliphatic heterocycles. The Hall–Kier alpha value is -1.70. The van der Waals surface area contributed by atoms with E-state index in [9.17, 15) is 8.42 Å². The average molecular weight is 280 g/mol. The zero-order chi connectivity index (χ0) is 13.7. The highest BCUT2D eigenvalue weighted by molar-refractivity contribution is 7.88. The summed E-state index contributed by atoms with van der Waals surface area (Å²) in [5, 5.41) is 0. The van der Waals surface area contributed by atoms with Crippen molar-refractivity contribution < 1.29 is 8.42 Å². The van der Waals surface area contributed by atoms with Crippen molar-refractivity contribution in [3.63, 3.8) is 0 Å². The van der Waals surface area contributed by atoms with Crippen LogP contribution in [0.5, 0.6) is 0 Å². The van der Waals surface area contributed by atoms with Crippen molar-refractivity contribution in [1.82, 2.24) is 14.7 Å². The van der Waals surface area contributed by atoms with E-state index < -0.39 is 10.0 Å². The third kappa shape index (κ3) is 4.16. The maximum absolute atomic E-state index is 11.9. The minimum Gasteiger partial charge on any atom is -0.347 e. The second-order valence-electron chi connectivity index (χ2n) is 4.18. The van der Waals surface area contributed by atoms with Gasteiger partial charge in [-0.05, 0) is 11.1 Å². The fourth-order valence-electron chi connectivity index (χ4n) is 1.69. The largest absolute Gasteiger partial charge is 0.347 e. The highest BCUT2D eigenvalue weighted by atomic mass is 32.2. The van der Waals surface area contributed by atoms with Crippen LogP contribution in [-0.2, 0) is 28.9 Å². The number of nitrogens with two attached hydrogens (primary N) is 1. The zero-order valence-electron chi connectivity index (χ0n) is 10.3. The molecule has 0 aliphatic rings. The van der Waals surface area contributed by atoms with Gasteiger partial charge in [-0.3, -0.25) is 0 Å². The molecule has 2 aromatic rings. The lowest BCUT2D eigenvalue weighted by molar-refractivity contribution is 0.579. The molecule has 0 saturated carbocycles. The quantitative estimate of drug-likeness (QED) is 0.716. The molecular weight excluding hydrogens is 264 g/mol. The van der Waals surface area contributed by atoms with Gasteiger partial charge in [0.05, 0.1) is 18.6 Å². The Balaban J connectivity index is 2.00. The van der Waals surface area contributed by atoms with Crippen LogP contribution in [0.2, 0.25) is 0 Å². The Morgan fingerprint density at radius 2 is 2.11 bits per heavy atom. The fraction of sp³-hybridized carbons (Fsp3) is 0.250. The van der Waals surface area contributed by atoms with Crippen LogP contribution in [0.3, 0.4) is 0 Å². The number of nitrogens with zero attached hydrogens (tertiary/aromatic N) is 1. The summed E-state index contributed by atoms with van der Waals surface area (Å²) in [5.41, 5.74) is 7.89. The van der Waals surface area contributed by atoms with Crippen LogP contribution in [0.1, 0.15) is 16.8 Å². The third-order valence-electron chi connectivity index (χ3n) is 2.62. The maximum Gasteiger partial charge on any atom is 0.216 e. The maximum atomic E-state index is 11.9. The third-order valence-corrected chi connectivity index (χ3v) is 3.92. The number of rotatable bonds is 6. The first-order chi connectivity index (χ1) is 9.09. The first kappa shape index (κ1) is 13.7. The van der Waals surface area contributed by atoms with Crippen LogP contribution < -0.4 is 10.5 Å². The number of hydrogen-bond acceptors (Lipinski definition) is 4. The second kappa shape index (κ2) is 5.96. The Morgan fingerprint density at radius 3 is 2.79 bits per heavy atom. The molecule has 0 atom stereocenters. The first-order valence-electron chi connectivity index (χ1n) is 5.81. The fourth-order valence-corrected chi connectivity index (χ4v) is 2.78. The van der Waals surface area contributed by atoms with E-state index in [1.165, 1.54) is 6.33 Å². The molecule has 2 rings (SSSR count). The number of imidazole rings is 1. The molecule has 0 unspecified atom stereocenters. The smallest absolute Gasteiger partial charge is 0.216 e. The van der Waals surface area contributed by atoms with Gasteiger partial charge in [0, 0.05) is 18.4 Å². The molecule has 0 spiro atoms. The molecule has 0 saturated heterocycles. The summed E-state index contributed by atoms with van der Waals surface area (Å²) >= 11 is 0. The molecule has 1 heterocycles. The van der Waals surface area contributed by atoms with Crippen LogP contribution in [0.25, 0.3) is 0 Å². The van der Waals surface area contributed by atoms with Crippen molar-refractivity contribution in [3.05, 3.63) is 53.6 Å². The number of hydrogen-bond donors (Lipinski definition) is 3. The van der Waals surface area contributed by atoms with E-state index in [0.29, 0.717) is 6.54 Å². The second-order valence-corrected chi connectivity index (χ2v) is 5.99. The van der Waals surface area contributed by atoms with Crippen LogP contribution in [0.4, 0.5) is 0 Å². The Labute approximate surface area is 112 Å². The van der Waals surface area contributed by atoms with E-state index in [2.05, 4.69) is 14.7 Å². The number of sulfonamides is 1. The van der Waals surface area contributed by atoms with Gasteiger partial charge in [-0.1, -0.05) is 24.3 Å². The summed E-state index contributed by atoms with van der Waals surface area (Å²) in [6.45, 7) is 0.606. The number of H-pyrrole nitrogens is 1. The van der Waals surface area contributed by atoms with Gasteiger partial charge >= 0.3 is 0 Å². The van der Waals surface area contributed by atoms with Gasteiger partial charge in [0.15, 0.2) is 0 Å². The van der Waals surface area contributed by atoms with Crippen molar-refractivity contribution >= 4 is 10.0 Å². The number of aromatic nitrogens is 2. The van der Waals surface area contributed by atoms with Gasteiger partial charge in [0.1, 0.15) is 0 Å². The van der Waals surface area contributed by atoms with Crippen molar-refractivity contribution in [3.8, 4) is 0 Å². The van der Waals surface area contributed by atoms with Crippen LogP contribution >= 0.6 is 0 Å². The molecule has 102 valence electrons. The molecule has 0 aliphatic carbocycles. The van der Waals surface area contributed by atoms with Gasteiger partial charge in [-0.15, -0.1) is 0 Å². The van der Waals surface area contributed by atoms with Crippen molar-refractivity contribution in [1.29, 1.82) is 0 Å². The van der Waals surface area contributed by atoms with Crippen LogP contribution in [-0.4, -0.2) is 18.4 Å². The highest BCUT2D eigenvalue weighted by Gasteiger charge is 2.11. The Kier molecular flexibility index (Phi) is 4.31. The highest BCUT2D eigenvalue weighted by Crippen LogP contribution is 2.08. The predicted molar refractivity (Wildman–Crippen MR) is 72.4 cm³/mol. The lowest BCUT2D eigenvalue weighted by atomic mass is 10.1. The van der Waals surface area contributed by atoms with E-state index in [1.54, 1.807) is 18.3 Å². The molecule has 1 aromatic heterocycles. The molecule has 7 heteroatoms. The van der Waals surface area contributed by atoms with E-state index in [0.717, 1.165) is 16.8 Å². The molecule has 0 amide bonds. The topological polar surface area (TPSA) is 101 Å². The molecule has 1 aromatic carbocycles. The molecule has 19 heavy (non-hydrogen) atoms. The van der Waals surface area contributed by atoms with Crippen LogP contribution in [0, 0.1) is 0 Å². The summed E-state index contributed by atoms with van der Waals surface area (Å²) in [5.74, 6) is -0.0605. The summed E-state index contributed by atoms with van der Waals surface area (Å²) < 4.78 is 26.4. The normalized spacial score (nSPS) is 11.6. The van der Waals surface area contributed by atoms with Crippen molar-refractivity contribution in [2.45, 2.75) is 18.8 Å². The van der Waals surface area contributed by atoms with Gasteiger partial charge < -0.3 is 10.7 Å². The predicted octanol–water partition coefficient (Wildman–Crippen LogP) is 0.488. The summed E-state index contributed by atoms with van der Waals surface area (Å²) in [6.07, 6.45) is 3.09. The monoisotopic (exact) mass is 280 g/mol. The Bertz CT molecular complexity index is 623. The van der Waals surface area contributed by atoms with Gasteiger partial charge in [0.25, 0.3) is 0 Å². The molecule has 4 N–H and O–H groups in total. The minimum atomic E-state index is -3.37. The minimum absolute atomic E-state index is 0.0605.